The first kappa shape index (κ1) is 13.6. The topological polar surface area (TPSA) is 0 Å². The van der Waals surface area contributed by atoms with Crippen LogP contribution in [0.5, 0.6) is 0 Å². The van der Waals surface area contributed by atoms with Gasteiger partial charge < -0.3 is 0 Å². The number of hydrogen-bond acceptors (Lipinski definition) is 0. The highest BCUT2D eigenvalue weighted by molar-refractivity contribution is 5.89. The molecule has 0 spiro atoms. The van der Waals surface area contributed by atoms with E-state index in [1.807, 2.05) is 0 Å². The molecule has 0 radical (unpaired) electrons. The average Bonchev–Trinajstić information content (AvgIpc) is 2.38. The highest BCUT2D eigenvalue weighted by Gasteiger charge is 2.06. The number of hydrogen-bond donors (Lipinski definition) is 0. The van der Waals surface area contributed by atoms with E-state index in [2.05, 4.69) is 77.1 Å². The molecule has 0 heterocycles. The first-order valence-corrected chi connectivity index (χ1v) is 6.81. The third-order valence-corrected chi connectivity index (χ3v) is 3.83. The molecule has 0 aliphatic rings. The van der Waals surface area contributed by atoms with E-state index in [0.29, 0.717) is 0 Å². The van der Waals surface area contributed by atoms with Gasteiger partial charge in [-0.2, -0.15) is 0 Å². The highest BCUT2D eigenvalue weighted by atomic mass is 14.1. The van der Waals surface area contributed by atoms with Gasteiger partial charge in [0.05, 0.1) is 0 Å². The van der Waals surface area contributed by atoms with Gasteiger partial charge in [0, 0.05) is 0 Å². The quantitative estimate of drug-likeness (QED) is 0.612. The summed E-state index contributed by atoms with van der Waals surface area (Å²) in [7, 11) is 0. The summed E-state index contributed by atoms with van der Waals surface area (Å²) >= 11 is 0. The Balaban J connectivity index is 2.48. The van der Waals surface area contributed by atoms with Crippen molar-refractivity contribution >= 4 is 11.1 Å². The Morgan fingerprint density at radius 2 is 1.26 bits per heavy atom. The number of aryl methyl sites for hydroxylation is 3. The lowest BCUT2D eigenvalue weighted by molar-refractivity contribution is 1.34. The molecule has 0 aromatic heterocycles. The summed E-state index contributed by atoms with van der Waals surface area (Å²) in [6.07, 6.45) is 0. The van der Waals surface area contributed by atoms with Crippen molar-refractivity contribution < 1.29 is 0 Å². The van der Waals surface area contributed by atoms with E-state index in [1.165, 1.54) is 39.0 Å². The molecule has 2 aromatic carbocycles. The van der Waals surface area contributed by atoms with E-state index >= 15 is 0 Å². The van der Waals surface area contributed by atoms with Crippen LogP contribution in [0.1, 0.15) is 41.7 Å². The second kappa shape index (κ2) is 5.44. The first-order valence-electron chi connectivity index (χ1n) is 6.81. The fraction of sp³-hybridized carbons (Fsp3) is 0.263. The van der Waals surface area contributed by atoms with E-state index in [4.69, 9.17) is 0 Å². The molecule has 2 rings (SSSR count). The van der Waals surface area contributed by atoms with Gasteiger partial charge in [-0.3, -0.25) is 0 Å². The minimum Gasteiger partial charge on any atom is -0.0587 e. The average molecular weight is 250 g/mol. The van der Waals surface area contributed by atoms with Gasteiger partial charge >= 0.3 is 0 Å². The molecule has 19 heavy (non-hydrogen) atoms. The van der Waals surface area contributed by atoms with Gasteiger partial charge in [-0.05, 0) is 62.5 Å². The van der Waals surface area contributed by atoms with Gasteiger partial charge in [-0.1, -0.05) is 53.6 Å². The normalized spacial score (nSPS) is 12.3. The molecule has 0 heteroatoms. The predicted octanol–water partition coefficient (Wildman–Crippen LogP) is 5.56. The zero-order valence-corrected chi connectivity index (χ0v) is 12.5. The van der Waals surface area contributed by atoms with Crippen LogP contribution in [0.2, 0.25) is 0 Å². The van der Waals surface area contributed by atoms with E-state index < -0.39 is 0 Å². The third-order valence-electron chi connectivity index (χ3n) is 3.83. The minimum absolute atomic E-state index is 1.31. The Hall–Kier alpha value is -1.82. The number of allylic oxidation sites excluding steroid dienone is 2. The molecule has 0 nitrogen and oxygen atoms in total. The van der Waals surface area contributed by atoms with Crippen molar-refractivity contribution in [1.29, 1.82) is 0 Å². The molecule has 0 aliphatic heterocycles. The fourth-order valence-corrected chi connectivity index (χ4v) is 2.46. The van der Waals surface area contributed by atoms with Crippen LogP contribution in [0.25, 0.3) is 11.1 Å². The molecule has 98 valence electrons. The molecule has 0 unspecified atom stereocenters. The van der Waals surface area contributed by atoms with Crippen LogP contribution in [-0.2, 0) is 0 Å². The largest absolute Gasteiger partial charge is 0.0587 e. The first-order chi connectivity index (χ1) is 8.99. The molecular formula is C19H22. The smallest absolute Gasteiger partial charge is 0.0195 e. The van der Waals surface area contributed by atoms with Gasteiger partial charge in [-0.15, -0.1) is 0 Å². The summed E-state index contributed by atoms with van der Waals surface area (Å²) in [5, 5.41) is 0. The Morgan fingerprint density at radius 1 is 0.684 bits per heavy atom. The standard InChI is InChI=1S/C19H22/c1-13-6-9-18(10-7-13)16(4)17(5)19-11-8-14(2)12-15(19)3/h6-12H,1-5H3/b17-16+. The molecule has 0 atom stereocenters. The van der Waals surface area contributed by atoms with Crippen molar-refractivity contribution in [2.24, 2.45) is 0 Å². The Labute approximate surface area is 116 Å². The molecule has 2 aromatic rings. The van der Waals surface area contributed by atoms with Gasteiger partial charge in [0.1, 0.15) is 0 Å². The molecule has 0 aliphatic carbocycles. The lowest BCUT2D eigenvalue weighted by Crippen LogP contribution is -1.91. The second-order valence-electron chi connectivity index (χ2n) is 5.43. The van der Waals surface area contributed by atoms with Crippen molar-refractivity contribution in [1.82, 2.24) is 0 Å². The maximum atomic E-state index is 2.25. The van der Waals surface area contributed by atoms with Crippen LogP contribution in [0, 0.1) is 20.8 Å². The van der Waals surface area contributed by atoms with Crippen molar-refractivity contribution in [3.63, 3.8) is 0 Å². The lowest BCUT2D eigenvalue weighted by atomic mass is 9.93. The molecule has 0 fully saturated rings. The summed E-state index contributed by atoms with van der Waals surface area (Å²) in [6, 6.07) is 15.4. The van der Waals surface area contributed by atoms with Gasteiger partial charge in [-0.25, -0.2) is 0 Å². The fourth-order valence-electron chi connectivity index (χ4n) is 2.46. The van der Waals surface area contributed by atoms with Gasteiger partial charge in [0.2, 0.25) is 0 Å². The van der Waals surface area contributed by atoms with Crippen LogP contribution in [0.15, 0.2) is 42.5 Å². The second-order valence-corrected chi connectivity index (χ2v) is 5.43. The molecular weight excluding hydrogens is 228 g/mol. The Kier molecular flexibility index (Phi) is 3.90. The number of benzene rings is 2. The van der Waals surface area contributed by atoms with Gasteiger partial charge in [0.25, 0.3) is 0 Å². The van der Waals surface area contributed by atoms with Gasteiger partial charge in [0.15, 0.2) is 0 Å². The zero-order valence-electron chi connectivity index (χ0n) is 12.5. The van der Waals surface area contributed by atoms with Crippen molar-refractivity contribution in [2.45, 2.75) is 34.6 Å². The van der Waals surface area contributed by atoms with Crippen molar-refractivity contribution in [3.05, 3.63) is 70.3 Å². The van der Waals surface area contributed by atoms with E-state index in [1.54, 1.807) is 0 Å². The summed E-state index contributed by atoms with van der Waals surface area (Å²) < 4.78 is 0. The van der Waals surface area contributed by atoms with Crippen LogP contribution in [0.4, 0.5) is 0 Å². The Bertz CT molecular complexity index is 613. The number of rotatable bonds is 2. The maximum absolute atomic E-state index is 2.25. The highest BCUT2D eigenvalue weighted by Crippen LogP contribution is 2.28. The summed E-state index contributed by atoms with van der Waals surface area (Å²) in [4.78, 5) is 0. The summed E-state index contributed by atoms with van der Waals surface area (Å²) in [6.45, 7) is 10.9. The molecule has 0 saturated heterocycles. The third kappa shape index (κ3) is 2.96. The van der Waals surface area contributed by atoms with Crippen molar-refractivity contribution in [2.75, 3.05) is 0 Å². The molecule has 0 bridgehead atoms. The molecule has 0 amide bonds. The predicted molar refractivity (Wildman–Crippen MR) is 85.3 cm³/mol. The Morgan fingerprint density at radius 3 is 1.84 bits per heavy atom. The summed E-state index contributed by atoms with van der Waals surface area (Å²) in [5.74, 6) is 0. The molecule has 0 saturated carbocycles. The summed E-state index contributed by atoms with van der Waals surface area (Å²) in [5.41, 5.74) is 9.35. The van der Waals surface area contributed by atoms with E-state index in [9.17, 15) is 0 Å². The maximum Gasteiger partial charge on any atom is -0.0195 e. The van der Waals surface area contributed by atoms with Crippen LogP contribution < -0.4 is 0 Å². The van der Waals surface area contributed by atoms with Crippen molar-refractivity contribution in [3.8, 4) is 0 Å². The zero-order chi connectivity index (χ0) is 14.0. The lowest BCUT2D eigenvalue weighted by Gasteiger charge is -2.12. The monoisotopic (exact) mass is 250 g/mol. The van der Waals surface area contributed by atoms with Crippen LogP contribution in [-0.4, -0.2) is 0 Å². The van der Waals surface area contributed by atoms with Crippen LogP contribution >= 0.6 is 0 Å². The van der Waals surface area contributed by atoms with E-state index in [-0.39, 0.29) is 0 Å². The molecule has 0 N–H and O–H groups in total. The minimum atomic E-state index is 1.31. The SMILES string of the molecule is C/C(=C(/C)c1ccc(C)cc1C)c1ccc(C)cc1. The van der Waals surface area contributed by atoms with E-state index in [0.717, 1.165) is 0 Å². The van der Waals surface area contributed by atoms with Crippen LogP contribution in [0.3, 0.4) is 0 Å².